The van der Waals surface area contributed by atoms with Crippen LogP contribution in [0.4, 0.5) is 15.9 Å². The summed E-state index contributed by atoms with van der Waals surface area (Å²) in [5.74, 6) is -2.65. The molecule has 1 saturated carbocycles. The maximum atomic E-state index is 13.3. The Morgan fingerprint density at radius 1 is 1.00 bits per heavy atom. The number of alkyl halides is 2. The Morgan fingerprint density at radius 3 is 2.32 bits per heavy atom. The van der Waals surface area contributed by atoms with E-state index in [1.165, 1.54) is 24.3 Å². The summed E-state index contributed by atoms with van der Waals surface area (Å²) in [6.45, 7) is 1.60. The lowest BCUT2D eigenvalue weighted by atomic mass is 10.1. The number of nitrogens with one attached hydrogen (secondary N) is 2. The molecule has 0 saturated heterocycles. The van der Waals surface area contributed by atoms with Gasteiger partial charge in [-0.15, -0.1) is 23.2 Å². The third kappa shape index (κ3) is 5.11. The quantitative estimate of drug-likeness (QED) is 0.322. The van der Waals surface area contributed by atoms with Gasteiger partial charge in [-0.05, 0) is 60.5 Å². The maximum absolute atomic E-state index is 13.3. The normalized spacial score (nSPS) is 18.3. The van der Waals surface area contributed by atoms with Gasteiger partial charge in [0.05, 0.1) is 22.7 Å². The zero-order valence-electron chi connectivity index (χ0n) is 17.3. The molecule has 1 fully saturated rings. The van der Waals surface area contributed by atoms with Crippen molar-refractivity contribution in [1.29, 1.82) is 0 Å². The molecular formula is C23H15Cl5FN3O2. The van der Waals surface area contributed by atoms with Crippen molar-refractivity contribution in [3.63, 3.8) is 0 Å². The lowest BCUT2D eigenvalue weighted by Gasteiger charge is -2.11. The number of aromatic nitrogens is 1. The van der Waals surface area contributed by atoms with Gasteiger partial charge in [0.15, 0.2) is 0 Å². The highest BCUT2D eigenvalue weighted by molar-refractivity contribution is 6.53. The van der Waals surface area contributed by atoms with Crippen LogP contribution in [0.25, 0.3) is 0 Å². The molecule has 0 radical (unpaired) electrons. The third-order valence-electron chi connectivity index (χ3n) is 5.34. The van der Waals surface area contributed by atoms with Crippen molar-refractivity contribution in [2.45, 2.75) is 17.2 Å². The van der Waals surface area contributed by atoms with E-state index < -0.39 is 33.8 Å². The molecule has 2 amide bonds. The molecule has 1 aliphatic rings. The van der Waals surface area contributed by atoms with E-state index in [0.717, 1.165) is 6.20 Å². The van der Waals surface area contributed by atoms with Gasteiger partial charge in [0.25, 0.3) is 5.91 Å². The van der Waals surface area contributed by atoms with Crippen LogP contribution in [0.15, 0.2) is 48.7 Å². The molecule has 1 aromatic heterocycles. The van der Waals surface area contributed by atoms with Gasteiger partial charge < -0.3 is 10.6 Å². The van der Waals surface area contributed by atoms with Crippen LogP contribution in [0.5, 0.6) is 0 Å². The number of hydrogen-bond acceptors (Lipinski definition) is 3. The molecule has 34 heavy (non-hydrogen) atoms. The van der Waals surface area contributed by atoms with E-state index in [1.54, 1.807) is 25.1 Å². The van der Waals surface area contributed by atoms with Crippen molar-refractivity contribution in [3.8, 4) is 0 Å². The van der Waals surface area contributed by atoms with Crippen LogP contribution >= 0.6 is 58.0 Å². The van der Waals surface area contributed by atoms with Crippen LogP contribution < -0.4 is 10.6 Å². The molecule has 2 atom stereocenters. The fourth-order valence-electron chi connectivity index (χ4n) is 3.67. The van der Waals surface area contributed by atoms with E-state index >= 15 is 0 Å². The highest BCUT2D eigenvalue weighted by Crippen LogP contribution is 2.65. The SMILES string of the molecule is Cc1cc(F)cnc1NC(=O)c1cc(NC(=O)[C@@H]2[C@@H](c3cc(Cl)cc(Cl)c3)C2(Cl)Cl)ccc1Cl. The average molecular weight is 562 g/mol. The van der Waals surface area contributed by atoms with Gasteiger partial charge >= 0.3 is 0 Å². The summed E-state index contributed by atoms with van der Waals surface area (Å²) < 4.78 is 11.9. The second kappa shape index (κ2) is 9.51. The second-order valence-electron chi connectivity index (χ2n) is 7.79. The van der Waals surface area contributed by atoms with E-state index in [4.69, 9.17) is 58.0 Å². The lowest BCUT2D eigenvalue weighted by molar-refractivity contribution is -0.117. The molecule has 1 aliphatic carbocycles. The van der Waals surface area contributed by atoms with Crippen LogP contribution in [0.2, 0.25) is 15.1 Å². The number of anilines is 2. The summed E-state index contributed by atoms with van der Waals surface area (Å²) in [5.41, 5.74) is 1.47. The zero-order chi connectivity index (χ0) is 24.8. The molecule has 5 nitrogen and oxygen atoms in total. The molecule has 0 unspecified atom stereocenters. The molecule has 0 aliphatic heterocycles. The summed E-state index contributed by atoms with van der Waals surface area (Å²) >= 11 is 31.1. The number of nitrogens with zero attached hydrogens (tertiary/aromatic N) is 1. The Balaban J connectivity index is 1.52. The van der Waals surface area contributed by atoms with Crippen molar-refractivity contribution in [2.75, 3.05) is 10.6 Å². The first-order chi connectivity index (χ1) is 16.0. The average Bonchev–Trinajstić information content (AvgIpc) is 3.33. The van der Waals surface area contributed by atoms with Crippen LogP contribution in [0.3, 0.4) is 0 Å². The molecule has 0 bridgehead atoms. The van der Waals surface area contributed by atoms with Gasteiger partial charge in [-0.3, -0.25) is 9.59 Å². The van der Waals surface area contributed by atoms with Gasteiger partial charge in [0, 0.05) is 21.7 Å². The summed E-state index contributed by atoms with van der Waals surface area (Å²) in [7, 11) is 0. The fourth-order valence-corrected chi connectivity index (χ4v) is 5.24. The Hall–Kier alpha value is -2.09. The van der Waals surface area contributed by atoms with Crippen LogP contribution in [-0.2, 0) is 4.79 Å². The number of pyridine rings is 1. The first kappa shape index (κ1) is 25.0. The standard InChI is InChI=1S/C23H15Cl5FN3O2/c1-10-4-14(29)9-30-20(10)32-21(33)16-8-15(2-3-17(16)26)31-22(34)19-18(23(19,27)28)11-5-12(24)7-13(25)6-11/h2-9,18-19H,1H3,(H,31,34)(H,30,32,33)/t18-,19+/m1/s1. The largest absolute Gasteiger partial charge is 0.326 e. The zero-order valence-corrected chi connectivity index (χ0v) is 21.1. The molecule has 3 aromatic rings. The first-order valence-corrected chi connectivity index (χ1v) is 11.7. The minimum atomic E-state index is -1.35. The fraction of sp³-hybridized carbons (Fsp3) is 0.174. The summed E-state index contributed by atoms with van der Waals surface area (Å²) in [5, 5.41) is 6.25. The number of carbonyl (C=O) groups excluding carboxylic acids is 2. The molecule has 4 rings (SSSR count). The highest BCUT2D eigenvalue weighted by atomic mass is 35.5. The minimum Gasteiger partial charge on any atom is -0.326 e. The van der Waals surface area contributed by atoms with E-state index in [0.29, 0.717) is 26.9 Å². The molecule has 11 heteroatoms. The minimum absolute atomic E-state index is 0.0852. The number of aryl methyl sites for hydroxylation is 1. The van der Waals surface area contributed by atoms with Gasteiger partial charge in [0.1, 0.15) is 16.0 Å². The Bertz CT molecular complexity index is 1300. The predicted octanol–water partition coefficient (Wildman–Crippen LogP) is 7.27. The summed E-state index contributed by atoms with van der Waals surface area (Å²) in [6, 6.07) is 10.5. The van der Waals surface area contributed by atoms with Gasteiger partial charge in [-0.2, -0.15) is 0 Å². The Labute approximate surface area is 219 Å². The van der Waals surface area contributed by atoms with Crippen molar-refractivity contribution >= 4 is 81.3 Å². The van der Waals surface area contributed by atoms with E-state index in [1.807, 2.05) is 0 Å². The smallest absolute Gasteiger partial charge is 0.258 e. The van der Waals surface area contributed by atoms with E-state index in [2.05, 4.69) is 15.6 Å². The van der Waals surface area contributed by atoms with Gasteiger partial charge in [0.2, 0.25) is 5.91 Å². The van der Waals surface area contributed by atoms with Gasteiger partial charge in [-0.1, -0.05) is 34.8 Å². The molecule has 0 spiro atoms. The molecule has 1 heterocycles. The Kier molecular flexibility index (Phi) is 7.00. The summed E-state index contributed by atoms with van der Waals surface area (Å²) in [6.07, 6.45) is 0.991. The topological polar surface area (TPSA) is 71.1 Å². The number of benzene rings is 2. The number of hydrogen-bond donors (Lipinski definition) is 2. The van der Waals surface area contributed by atoms with Crippen LogP contribution in [0.1, 0.15) is 27.4 Å². The lowest BCUT2D eigenvalue weighted by Crippen LogP contribution is -2.18. The predicted molar refractivity (Wildman–Crippen MR) is 134 cm³/mol. The summed E-state index contributed by atoms with van der Waals surface area (Å²) in [4.78, 5) is 29.6. The molecular weight excluding hydrogens is 547 g/mol. The van der Waals surface area contributed by atoms with Crippen molar-refractivity contribution in [1.82, 2.24) is 4.98 Å². The molecule has 176 valence electrons. The van der Waals surface area contributed by atoms with E-state index in [-0.39, 0.29) is 16.4 Å². The highest BCUT2D eigenvalue weighted by Gasteiger charge is 2.67. The molecule has 2 N–H and O–H groups in total. The van der Waals surface area contributed by atoms with E-state index in [9.17, 15) is 14.0 Å². The monoisotopic (exact) mass is 559 g/mol. The number of amides is 2. The van der Waals surface area contributed by atoms with Crippen LogP contribution in [-0.4, -0.2) is 21.1 Å². The Morgan fingerprint density at radius 2 is 1.68 bits per heavy atom. The first-order valence-electron chi connectivity index (χ1n) is 9.85. The third-order valence-corrected chi connectivity index (χ3v) is 7.04. The van der Waals surface area contributed by atoms with Crippen molar-refractivity contribution in [3.05, 3.63) is 86.2 Å². The second-order valence-corrected chi connectivity index (χ2v) is 10.5. The van der Waals surface area contributed by atoms with Crippen LogP contribution in [0, 0.1) is 18.7 Å². The van der Waals surface area contributed by atoms with Gasteiger partial charge in [-0.25, -0.2) is 9.37 Å². The van der Waals surface area contributed by atoms with Crippen molar-refractivity contribution in [2.24, 2.45) is 5.92 Å². The number of halogens is 6. The molecule has 2 aromatic carbocycles. The number of carbonyl (C=O) groups is 2. The number of rotatable bonds is 5. The maximum Gasteiger partial charge on any atom is 0.258 e. The van der Waals surface area contributed by atoms with Crippen molar-refractivity contribution < 1.29 is 14.0 Å².